The number of methoxy groups -OCH3 is 1. The molecule has 1 N–H and O–H groups in total. The van der Waals surface area contributed by atoms with Crippen LogP contribution in [0.3, 0.4) is 0 Å². The summed E-state index contributed by atoms with van der Waals surface area (Å²) < 4.78 is 4.67. The number of hydrogen-bond donors (Lipinski definition) is 1. The van der Waals surface area contributed by atoms with Crippen LogP contribution in [0.2, 0.25) is 0 Å². The largest absolute Gasteiger partial charge is 0.469 e. The smallest absolute Gasteiger partial charge is 0.309 e. The van der Waals surface area contributed by atoms with Crippen molar-refractivity contribution >= 4 is 11.9 Å². The molecule has 0 aliphatic carbocycles. The molecule has 1 aromatic carbocycles. The highest BCUT2D eigenvalue weighted by Crippen LogP contribution is 2.03. The van der Waals surface area contributed by atoms with E-state index in [1.54, 1.807) is 6.92 Å². The zero-order valence-corrected chi connectivity index (χ0v) is 13.2. The Kier molecular flexibility index (Phi) is 6.88. The summed E-state index contributed by atoms with van der Waals surface area (Å²) in [4.78, 5) is 25.0. The second-order valence-electron chi connectivity index (χ2n) is 5.38. The minimum absolute atomic E-state index is 0.0601. The van der Waals surface area contributed by atoms with Gasteiger partial charge in [-0.2, -0.15) is 0 Å². The van der Waals surface area contributed by atoms with Gasteiger partial charge in [0.1, 0.15) is 0 Å². The molecule has 0 radical (unpaired) electrons. The van der Waals surface area contributed by atoms with Crippen molar-refractivity contribution in [2.45, 2.75) is 20.4 Å². The Hall–Kier alpha value is -1.88. The molecule has 0 bridgehead atoms. The Bertz CT molecular complexity index is 471. The summed E-state index contributed by atoms with van der Waals surface area (Å²) in [5.74, 6) is -0.568. The van der Waals surface area contributed by atoms with Crippen LogP contribution in [0.4, 0.5) is 0 Å². The maximum absolute atomic E-state index is 11.8. The Morgan fingerprint density at radius 1 is 1.29 bits per heavy atom. The molecule has 0 fully saturated rings. The molecule has 0 aliphatic rings. The molecule has 21 heavy (non-hydrogen) atoms. The first-order valence-electron chi connectivity index (χ1n) is 7.01. The molecule has 0 spiro atoms. The Morgan fingerprint density at radius 2 is 1.90 bits per heavy atom. The molecule has 1 rings (SSSR count). The van der Waals surface area contributed by atoms with Gasteiger partial charge in [0.05, 0.1) is 19.6 Å². The van der Waals surface area contributed by atoms with Crippen LogP contribution >= 0.6 is 0 Å². The molecular formula is C16H24N2O3. The number of hydrogen-bond acceptors (Lipinski definition) is 4. The van der Waals surface area contributed by atoms with E-state index in [4.69, 9.17) is 0 Å². The first-order chi connectivity index (χ1) is 9.92. The summed E-state index contributed by atoms with van der Waals surface area (Å²) in [6.45, 7) is 5.07. The van der Waals surface area contributed by atoms with E-state index in [1.165, 1.54) is 12.7 Å². The van der Waals surface area contributed by atoms with Crippen molar-refractivity contribution in [3.8, 4) is 0 Å². The van der Waals surface area contributed by atoms with Gasteiger partial charge in [-0.25, -0.2) is 0 Å². The molecule has 0 saturated heterocycles. The number of esters is 1. The molecule has 0 aromatic heterocycles. The number of amides is 1. The van der Waals surface area contributed by atoms with E-state index in [0.717, 1.165) is 5.56 Å². The zero-order chi connectivity index (χ0) is 15.8. The van der Waals surface area contributed by atoms with Crippen molar-refractivity contribution in [1.82, 2.24) is 10.2 Å². The lowest BCUT2D eigenvalue weighted by Gasteiger charge is -2.19. The van der Waals surface area contributed by atoms with E-state index in [0.29, 0.717) is 13.1 Å². The van der Waals surface area contributed by atoms with Gasteiger partial charge in [0.2, 0.25) is 5.91 Å². The number of aryl methyl sites for hydroxylation is 1. The molecule has 1 aromatic rings. The van der Waals surface area contributed by atoms with Gasteiger partial charge in [-0.05, 0) is 19.5 Å². The maximum atomic E-state index is 11.8. The third kappa shape index (κ3) is 6.40. The number of carbonyl (C=O) groups is 2. The number of likely N-dealkylation sites (N-methyl/N-ethyl adjacent to an activating group) is 1. The standard InChI is InChI=1S/C16H24N2O3/c1-12-5-7-14(8-6-12)9-17-15(19)11-18(3)10-13(2)16(20)21-4/h5-8,13H,9-11H2,1-4H3,(H,17,19). The van der Waals surface area contributed by atoms with Gasteiger partial charge in [0, 0.05) is 13.1 Å². The number of rotatable bonds is 7. The van der Waals surface area contributed by atoms with Crippen LogP contribution in [-0.2, 0) is 20.9 Å². The summed E-state index contributed by atoms with van der Waals surface area (Å²) >= 11 is 0. The van der Waals surface area contributed by atoms with E-state index < -0.39 is 0 Å². The highest BCUT2D eigenvalue weighted by atomic mass is 16.5. The summed E-state index contributed by atoms with van der Waals surface area (Å²) in [7, 11) is 3.18. The average Bonchev–Trinajstić information content (AvgIpc) is 2.45. The Balaban J connectivity index is 2.32. The molecule has 1 unspecified atom stereocenters. The maximum Gasteiger partial charge on any atom is 0.309 e. The normalized spacial score (nSPS) is 12.0. The van der Waals surface area contributed by atoms with Crippen molar-refractivity contribution in [2.75, 3.05) is 27.2 Å². The lowest BCUT2D eigenvalue weighted by atomic mass is 10.1. The summed E-state index contributed by atoms with van der Waals surface area (Å²) in [5.41, 5.74) is 2.26. The van der Waals surface area contributed by atoms with Crippen molar-refractivity contribution in [3.63, 3.8) is 0 Å². The van der Waals surface area contributed by atoms with Crippen LogP contribution < -0.4 is 5.32 Å². The molecule has 116 valence electrons. The van der Waals surface area contributed by atoms with Gasteiger partial charge in [0.25, 0.3) is 0 Å². The first-order valence-corrected chi connectivity index (χ1v) is 7.01. The zero-order valence-electron chi connectivity index (χ0n) is 13.2. The molecule has 5 heteroatoms. The highest BCUT2D eigenvalue weighted by Gasteiger charge is 2.16. The van der Waals surface area contributed by atoms with Crippen LogP contribution in [0.25, 0.3) is 0 Å². The van der Waals surface area contributed by atoms with E-state index >= 15 is 0 Å². The number of carbonyl (C=O) groups excluding carboxylic acids is 2. The summed E-state index contributed by atoms with van der Waals surface area (Å²) in [6, 6.07) is 8.04. The fourth-order valence-corrected chi connectivity index (χ4v) is 2.02. The van der Waals surface area contributed by atoms with Gasteiger partial charge in [-0.1, -0.05) is 36.8 Å². The van der Waals surface area contributed by atoms with Crippen LogP contribution in [0.5, 0.6) is 0 Å². The van der Waals surface area contributed by atoms with Crippen molar-refractivity contribution in [3.05, 3.63) is 35.4 Å². The lowest BCUT2D eigenvalue weighted by molar-refractivity contribution is -0.145. The Morgan fingerprint density at radius 3 is 2.48 bits per heavy atom. The third-order valence-electron chi connectivity index (χ3n) is 3.21. The number of benzene rings is 1. The topological polar surface area (TPSA) is 58.6 Å². The molecule has 0 saturated carbocycles. The summed E-state index contributed by atoms with van der Waals surface area (Å²) in [6.07, 6.45) is 0. The molecule has 5 nitrogen and oxygen atoms in total. The lowest BCUT2D eigenvalue weighted by Crippen LogP contribution is -2.38. The minimum atomic E-state index is -0.262. The van der Waals surface area contributed by atoms with Gasteiger partial charge in [-0.3, -0.25) is 14.5 Å². The molecule has 0 heterocycles. The Labute approximate surface area is 126 Å². The predicted molar refractivity (Wildman–Crippen MR) is 81.7 cm³/mol. The van der Waals surface area contributed by atoms with E-state index in [-0.39, 0.29) is 24.3 Å². The van der Waals surface area contributed by atoms with Crippen molar-refractivity contribution in [2.24, 2.45) is 5.92 Å². The monoisotopic (exact) mass is 292 g/mol. The highest BCUT2D eigenvalue weighted by molar-refractivity contribution is 5.78. The molecule has 1 amide bonds. The predicted octanol–water partition coefficient (Wildman–Crippen LogP) is 1.35. The van der Waals surface area contributed by atoms with Gasteiger partial charge in [0.15, 0.2) is 0 Å². The van der Waals surface area contributed by atoms with E-state index in [9.17, 15) is 9.59 Å². The van der Waals surface area contributed by atoms with Crippen LogP contribution in [-0.4, -0.2) is 44.0 Å². The molecular weight excluding hydrogens is 268 g/mol. The summed E-state index contributed by atoms with van der Waals surface area (Å²) in [5, 5.41) is 2.87. The SMILES string of the molecule is COC(=O)C(C)CN(C)CC(=O)NCc1ccc(C)cc1. The van der Waals surface area contributed by atoms with Crippen molar-refractivity contribution < 1.29 is 14.3 Å². The van der Waals surface area contributed by atoms with E-state index in [2.05, 4.69) is 10.1 Å². The molecule has 1 atom stereocenters. The second-order valence-corrected chi connectivity index (χ2v) is 5.38. The quantitative estimate of drug-likeness (QED) is 0.771. The first kappa shape index (κ1) is 17.2. The number of ether oxygens (including phenoxy) is 1. The fourth-order valence-electron chi connectivity index (χ4n) is 2.02. The van der Waals surface area contributed by atoms with Crippen molar-refractivity contribution in [1.29, 1.82) is 0 Å². The van der Waals surface area contributed by atoms with Gasteiger partial charge in [-0.15, -0.1) is 0 Å². The van der Waals surface area contributed by atoms with Gasteiger partial charge < -0.3 is 10.1 Å². The third-order valence-corrected chi connectivity index (χ3v) is 3.21. The van der Waals surface area contributed by atoms with Crippen LogP contribution in [0.15, 0.2) is 24.3 Å². The van der Waals surface area contributed by atoms with E-state index in [1.807, 2.05) is 43.1 Å². The number of nitrogens with one attached hydrogen (secondary N) is 1. The molecule has 0 aliphatic heterocycles. The van der Waals surface area contributed by atoms with Crippen LogP contribution in [0.1, 0.15) is 18.1 Å². The minimum Gasteiger partial charge on any atom is -0.469 e. The average molecular weight is 292 g/mol. The van der Waals surface area contributed by atoms with Gasteiger partial charge >= 0.3 is 5.97 Å². The number of nitrogens with zero attached hydrogens (tertiary/aromatic N) is 1. The fraction of sp³-hybridized carbons (Fsp3) is 0.500. The second kappa shape index (κ2) is 8.42. The van der Waals surface area contributed by atoms with Crippen LogP contribution in [0, 0.1) is 12.8 Å².